The van der Waals surface area contributed by atoms with Crippen molar-refractivity contribution in [2.75, 3.05) is 13.1 Å². The van der Waals surface area contributed by atoms with Gasteiger partial charge in [0.15, 0.2) is 0 Å². The molecule has 0 N–H and O–H groups in total. The third-order valence-electron chi connectivity index (χ3n) is 4.41. The van der Waals surface area contributed by atoms with Gasteiger partial charge < -0.3 is 0 Å². The molecule has 0 bridgehead atoms. The van der Waals surface area contributed by atoms with Crippen LogP contribution in [0.3, 0.4) is 0 Å². The predicted molar refractivity (Wildman–Crippen MR) is 84.7 cm³/mol. The van der Waals surface area contributed by atoms with Crippen molar-refractivity contribution in [3.8, 4) is 0 Å². The molecule has 1 aliphatic rings. The zero-order valence-corrected chi connectivity index (χ0v) is 13.5. The first-order valence-electron chi connectivity index (χ1n) is 7.80. The molecule has 0 atom stereocenters. The molecular formula is C16H23N5O. The first-order valence-corrected chi connectivity index (χ1v) is 7.80. The number of pyridine rings is 1. The van der Waals surface area contributed by atoms with E-state index in [1.807, 2.05) is 17.7 Å². The van der Waals surface area contributed by atoms with Gasteiger partial charge in [-0.05, 0) is 38.3 Å². The SMILES string of the molecule is Cc1ccc(CN2CCC(n3c(C)nn(C)c3=O)CC2)nc1. The van der Waals surface area contributed by atoms with Gasteiger partial charge in [0, 0.05) is 38.9 Å². The predicted octanol–water partition coefficient (Wildman–Crippen LogP) is 1.43. The van der Waals surface area contributed by atoms with Gasteiger partial charge in [0.05, 0.1) is 5.69 Å². The van der Waals surface area contributed by atoms with E-state index >= 15 is 0 Å². The van der Waals surface area contributed by atoms with Crippen molar-refractivity contribution < 1.29 is 0 Å². The van der Waals surface area contributed by atoms with Crippen molar-refractivity contribution in [1.29, 1.82) is 0 Å². The van der Waals surface area contributed by atoms with Crippen LogP contribution >= 0.6 is 0 Å². The van der Waals surface area contributed by atoms with Crippen LogP contribution in [0, 0.1) is 13.8 Å². The summed E-state index contributed by atoms with van der Waals surface area (Å²) in [6.07, 6.45) is 3.89. The Labute approximate surface area is 130 Å². The molecule has 1 saturated heterocycles. The molecule has 0 radical (unpaired) electrons. The highest BCUT2D eigenvalue weighted by atomic mass is 16.2. The summed E-state index contributed by atoms with van der Waals surface area (Å²) in [6.45, 7) is 6.82. The zero-order valence-electron chi connectivity index (χ0n) is 13.5. The van der Waals surface area contributed by atoms with E-state index in [9.17, 15) is 4.79 Å². The summed E-state index contributed by atoms with van der Waals surface area (Å²) in [5.74, 6) is 0.811. The number of aryl methyl sites for hydroxylation is 3. The monoisotopic (exact) mass is 301 g/mol. The minimum absolute atomic E-state index is 0.00356. The molecular weight excluding hydrogens is 278 g/mol. The molecule has 0 spiro atoms. The van der Waals surface area contributed by atoms with E-state index in [1.54, 1.807) is 7.05 Å². The zero-order chi connectivity index (χ0) is 15.7. The van der Waals surface area contributed by atoms with Gasteiger partial charge in [0.25, 0.3) is 0 Å². The second-order valence-corrected chi connectivity index (χ2v) is 6.16. The van der Waals surface area contributed by atoms with Gasteiger partial charge in [-0.25, -0.2) is 9.48 Å². The van der Waals surface area contributed by atoms with Crippen molar-refractivity contribution in [1.82, 2.24) is 24.2 Å². The highest BCUT2D eigenvalue weighted by Gasteiger charge is 2.24. The van der Waals surface area contributed by atoms with Gasteiger partial charge in [0.1, 0.15) is 5.82 Å². The molecule has 0 saturated carbocycles. The normalized spacial score (nSPS) is 17.0. The molecule has 0 amide bonds. The maximum absolute atomic E-state index is 12.1. The molecule has 1 aliphatic heterocycles. The Morgan fingerprint density at radius 1 is 1.23 bits per heavy atom. The average molecular weight is 301 g/mol. The number of rotatable bonds is 3. The molecule has 118 valence electrons. The first-order chi connectivity index (χ1) is 10.5. The Hall–Kier alpha value is -1.95. The molecule has 2 aromatic rings. The summed E-state index contributed by atoms with van der Waals surface area (Å²) in [5.41, 5.74) is 2.30. The van der Waals surface area contributed by atoms with E-state index in [2.05, 4.69) is 34.0 Å². The van der Waals surface area contributed by atoms with Crippen molar-refractivity contribution in [3.05, 3.63) is 45.9 Å². The number of nitrogens with zero attached hydrogens (tertiary/aromatic N) is 5. The van der Waals surface area contributed by atoms with Crippen molar-refractivity contribution in [2.45, 2.75) is 39.3 Å². The standard InChI is InChI=1S/C16H23N5O/c1-12-4-5-14(17-10-12)11-20-8-6-15(7-9-20)21-13(2)18-19(3)16(21)22/h4-5,10,15H,6-9,11H2,1-3H3. The van der Waals surface area contributed by atoms with E-state index in [0.717, 1.165) is 44.0 Å². The molecule has 0 aromatic carbocycles. The van der Waals surface area contributed by atoms with E-state index in [-0.39, 0.29) is 11.7 Å². The Balaban J connectivity index is 1.63. The van der Waals surface area contributed by atoms with Gasteiger partial charge in [-0.1, -0.05) is 6.07 Å². The fraction of sp³-hybridized carbons (Fsp3) is 0.562. The lowest BCUT2D eigenvalue weighted by atomic mass is 10.0. The molecule has 3 heterocycles. The molecule has 22 heavy (non-hydrogen) atoms. The fourth-order valence-corrected chi connectivity index (χ4v) is 3.18. The quantitative estimate of drug-likeness (QED) is 0.860. The molecule has 6 heteroatoms. The summed E-state index contributed by atoms with van der Waals surface area (Å²) >= 11 is 0. The van der Waals surface area contributed by atoms with Gasteiger partial charge in [-0.15, -0.1) is 0 Å². The second kappa shape index (κ2) is 6.04. The van der Waals surface area contributed by atoms with Crippen LogP contribution in [-0.4, -0.2) is 37.3 Å². The smallest absolute Gasteiger partial charge is 0.297 e. The molecule has 6 nitrogen and oxygen atoms in total. The Kier molecular flexibility index (Phi) is 4.11. The van der Waals surface area contributed by atoms with E-state index in [0.29, 0.717) is 0 Å². The van der Waals surface area contributed by atoms with Gasteiger partial charge in [0.2, 0.25) is 0 Å². The lowest BCUT2D eigenvalue weighted by Crippen LogP contribution is -2.37. The number of piperidine rings is 1. The fourth-order valence-electron chi connectivity index (χ4n) is 3.18. The van der Waals surface area contributed by atoms with E-state index in [1.165, 1.54) is 10.2 Å². The van der Waals surface area contributed by atoms with Crippen LogP contribution in [0.1, 0.15) is 36.0 Å². The maximum Gasteiger partial charge on any atom is 0.345 e. The third kappa shape index (κ3) is 2.97. The second-order valence-electron chi connectivity index (χ2n) is 6.16. The molecule has 3 rings (SSSR count). The number of aromatic nitrogens is 4. The topological polar surface area (TPSA) is 56.0 Å². The van der Waals surface area contributed by atoms with Crippen LogP contribution in [0.2, 0.25) is 0 Å². The summed E-state index contributed by atoms with van der Waals surface area (Å²) in [4.78, 5) is 19.0. The molecule has 0 aliphatic carbocycles. The first kappa shape index (κ1) is 15.0. The minimum Gasteiger partial charge on any atom is -0.297 e. The van der Waals surface area contributed by atoms with Crippen LogP contribution in [0.25, 0.3) is 0 Å². The summed E-state index contributed by atoms with van der Waals surface area (Å²) < 4.78 is 3.28. The molecule has 0 unspecified atom stereocenters. The Morgan fingerprint density at radius 2 is 1.95 bits per heavy atom. The van der Waals surface area contributed by atoms with Crippen LogP contribution in [0.15, 0.2) is 23.1 Å². The van der Waals surface area contributed by atoms with Gasteiger partial charge in [-0.3, -0.25) is 14.5 Å². The summed E-state index contributed by atoms with van der Waals surface area (Å²) in [7, 11) is 1.71. The lowest BCUT2D eigenvalue weighted by Gasteiger charge is -2.32. The van der Waals surface area contributed by atoms with Gasteiger partial charge >= 0.3 is 5.69 Å². The average Bonchev–Trinajstić information content (AvgIpc) is 2.76. The Morgan fingerprint density at radius 3 is 2.50 bits per heavy atom. The highest BCUT2D eigenvalue weighted by molar-refractivity contribution is 5.12. The minimum atomic E-state index is -0.00356. The maximum atomic E-state index is 12.1. The lowest BCUT2D eigenvalue weighted by molar-refractivity contribution is 0.175. The van der Waals surface area contributed by atoms with E-state index < -0.39 is 0 Å². The van der Waals surface area contributed by atoms with Crippen LogP contribution in [0.5, 0.6) is 0 Å². The third-order valence-corrected chi connectivity index (χ3v) is 4.41. The number of hydrogen-bond acceptors (Lipinski definition) is 4. The summed E-state index contributed by atoms with van der Waals surface area (Å²) in [5, 5.41) is 4.22. The Bertz CT molecular complexity index is 692. The van der Waals surface area contributed by atoms with Crippen LogP contribution in [0.4, 0.5) is 0 Å². The van der Waals surface area contributed by atoms with Crippen molar-refractivity contribution in [2.24, 2.45) is 7.05 Å². The van der Waals surface area contributed by atoms with Crippen LogP contribution in [-0.2, 0) is 13.6 Å². The number of hydrogen-bond donors (Lipinski definition) is 0. The molecule has 2 aromatic heterocycles. The van der Waals surface area contributed by atoms with Gasteiger partial charge in [-0.2, -0.15) is 5.10 Å². The van der Waals surface area contributed by atoms with Crippen molar-refractivity contribution in [3.63, 3.8) is 0 Å². The van der Waals surface area contributed by atoms with Crippen molar-refractivity contribution >= 4 is 0 Å². The summed E-state index contributed by atoms with van der Waals surface area (Å²) in [6, 6.07) is 4.47. The largest absolute Gasteiger partial charge is 0.345 e. The number of likely N-dealkylation sites (tertiary alicyclic amines) is 1. The highest BCUT2D eigenvalue weighted by Crippen LogP contribution is 2.22. The molecule has 1 fully saturated rings. The van der Waals surface area contributed by atoms with E-state index in [4.69, 9.17) is 0 Å². The van der Waals surface area contributed by atoms with Crippen LogP contribution < -0.4 is 5.69 Å².